The zero-order valence-electron chi connectivity index (χ0n) is 9.51. The number of carboxylic acids is 1. The third-order valence-electron chi connectivity index (χ3n) is 2.55. The van der Waals surface area contributed by atoms with Crippen LogP contribution in [0.15, 0.2) is 30.0 Å². The number of hydrogen-bond acceptors (Lipinski definition) is 3. The molecule has 0 saturated carbocycles. The van der Waals surface area contributed by atoms with E-state index >= 15 is 0 Å². The quantitative estimate of drug-likeness (QED) is 0.599. The molecule has 0 aliphatic carbocycles. The smallest absolute Gasteiger partial charge is 0.335 e. The molecule has 1 aliphatic rings. The van der Waals surface area contributed by atoms with E-state index in [-0.39, 0.29) is 11.3 Å². The maximum absolute atomic E-state index is 11.6. The fourth-order valence-corrected chi connectivity index (χ4v) is 1.51. The van der Waals surface area contributed by atoms with Crippen molar-refractivity contribution in [3.8, 4) is 0 Å². The van der Waals surface area contributed by atoms with Gasteiger partial charge in [0.25, 0.3) is 5.91 Å². The van der Waals surface area contributed by atoms with Crippen LogP contribution in [0.5, 0.6) is 0 Å². The molecule has 0 bridgehead atoms. The first kappa shape index (κ1) is 11.8. The summed E-state index contributed by atoms with van der Waals surface area (Å²) < 4.78 is 0. The molecule has 6 nitrogen and oxygen atoms in total. The van der Waals surface area contributed by atoms with Crippen LogP contribution < -0.4 is 5.32 Å². The molecule has 92 valence electrons. The van der Waals surface area contributed by atoms with Gasteiger partial charge in [-0.2, -0.15) is 0 Å². The largest absolute Gasteiger partial charge is 0.478 e. The molecule has 3 amide bonds. The van der Waals surface area contributed by atoms with E-state index in [9.17, 15) is 14.4 Å². The van der Waals surface area contributed by atoms with Gasteiger partial charge in [0.15, 0.2) is 0 Å². The lowest BCUT2D eigenvalue weighted by Gasteiger charge is -2.00. The Kier molecular flexibility index (Phi) is 2.85. The second kappa shape index (κ2) is 4.33. The van der Waals surface area contributed by atoms with Gasteiger partial charge in [-0.05, 0) is 23.8 Å². The number of nitrogens with zero attached hydrogens (tertiary/aromatic N) is 1. The van der Waals surface area contributed by atoms with Crippen LogP contribution in [0.3, 0.4) is 0 Å². The van der Waals surface area contributed by atoms with Crippen molar-refractivity contribution in [1.82, 2.24) is 10.2 Å². The predicted molar refractivity (Wildman–Crippen MR) is 62.7 cm³/mol. The van der Waals surface area contributed by atoms with Crippen LogP contribution in [-0.4, -0.2) is 35.0 Å². The normalized spacial score (nSPS) is 17.2. The summed E-state index contributed by atoms with van der Waals surface area (Å²) in [5, 5.41) is 11.2. The van der Waals surface area contributed by atoms with Crippen molar-refractivity contribution in [3.63, 3.8) is 0 Å². The minimum Gasteiger partial charge on any atom is -0.478 e. The number of benzene rings is 1. The molecule has 1 aromatic carbocycles. The number of carbonyl (C=O) groups is 3. The zero-order chi connectivity index (χ0) is 13.3. The van der Waals surface area contributed by atoms with Gasteiger partial charge < -0.3 is 10.4 Å². The second-order valence-corrected chi connectivity index (χ2v) is 3.78. The molecule has 1 aromatic rings. The topological polar surface area (TPSA) is 86.7 Å². The number of carbonyl (C=O) groups excluding carboxylic acids is 2. The molecule has 1 heterocycles. The fraction of sp³-hybridized carbons (Fsp3) is 0.0833. The number of aromatic carboxylic acids is 1. The molecular weight excluding hydrogens is 236 g/mol. The number of urea groups is 1. The second-order valence-electron chi connectivity index (χ2n) is 3.78. The highest BCUT2D eigenvalue weighted by Crippen LogP contribution is 2.13. The Labute approximate surface area is 103 Å². The minimum atomic E-state index is -1.01. The van der Waals surface area contributed by atoms with E-state index in [0.717, 1.165) is 4.90 Å². The Morgan fingerprint density at radius 1 is 1.28 bits per heavy atom. The highest BCUT2D eigenvalue weighted by atomic mass is 16.4. The van der Waals surface area contributed by atoms with Gasteiger partial charge in [-0.15, -0.1) is 0 Å². The molecule has 1 fully saturated rings. The Morgan fingerprint density at radius 2 is 1.89 bits per heavy atom. The van der Waals surface area contributed by atoms with Crippen LogP contribution >= 0.6 is 0 Å². The SMILES string of the molecule is CN1C(=O)N/C(=C/c2ccc(C(=O)O)cc2)C1=O. The average Bonchev–Trinajstić information content (AvgIpc) is 2.58. The van der Waals surface area contributed by atoms with E-state index in [4.69, 9.17) is 5.11 Å². The summed E-state index contributed by atoms with van der Waals surface area (Å²) in [5.41, 5.74) is 0.973. The number of hydrogen-bond donors (Lipinski definition) is 2. The van der Waals surface area contributed by atoms with Gasteiger partial charge in [-0.1, -0.05) is 12.1 Å². The van der Waals surface area contributed by atoms with Gasteiger partial charge in [0.05, 0.1) is 5.56 Å². The van der Waals surface area contributed by atoms with E-state index in [1.54, 1.807) is 12.1 Å². The van der Waals surface area contributed by atoms with Crippen molar-refractivity contribution in [2.24, 2.45) is 0 Å². The zero-order valence-corrected chi connectivity index (χ0v) is 9.51. The molecule has 0 atom stereocenters. The van der Waals surface area contributed by atoms with E-state index in [1.807, 2.05) is 0 Å². The molecular formula is C12H10N2O4. The molecule has 1 aliphatic heterocycles. The molecule has 0 aromatic heterocycles. The number of carboxylic acid groups (broad SMARTS) is 1. The standard InChI is InChI=1S/C12H10N2O4/c1-14-10(15)9(13-12(14)18)6-7-2-4-8(5-3-7)11(16)17/h2-6H,1H3,(H,13,18)(H,16,17)/b9-6+. The first-order chi connectivity index (χ1) is 8.49. The Bertz CT molecular complexity index is 560. The molecule has 2 rings (SSSR count). The lowest BCUT2D eigenvalue weighted by molar-refractivity contribution is -0.121. The summed E-state index contributed by atoms with van der Waals surface area (Å²) in [5.74, 6) is -1.43. The summed E-state index contributed by atoms with van der Waals surface area (Å²) in [6, 6.07) is 5.51. The summed E-state index contributed by atoms with van der Waals surface area (Å²) >= 11 is 0. The fourth-order valence-electron chi connectivity index (χ4n) is 1.51. The predicted octanol–water partition coefficient (Wildman–Crippen LogP) is 0.907. The Morgan fingerprint density at radius 3 is 2.33 bits per heavy atom. The van der Waals surface area contributed by atoms with Gasteiger partial charge >= 0.3 is 12.0 Å². The third kappa shape index (κ3) is 2.08. The van der Waals surface area contributed by atoms with Crippen molar-refractivity contribution in [2.75, 3.05) is 7.05 Å². The van der Waals surface area contributed by atoms with Gasteiger partial charge in [0.2, 0.25) is 0 Å². The third-order valence-corrected chi connectivity index (χ3v) is 2.55. The van der Waals surface area contributed by atoms with E-state index < -0.39 is 17.9 Å². The first-order valence-corrected chi connectivity index (χ1v) is 5.13. The molecule has 0 spiro atoms. The van der Waals surface area contributed by atoms with Crippen LogP contribution in [0.25, 0.3) is 6.08 Å². The van der Waals surface area contributed by atoms with Crippen molar-refractivity contribution >= 4 is 24.0 Å². The Hall–Kier alpha value is -2.63. The van der Waals surface area contributed by atoms with Crippen molar-refractivity contribution in [3.05, 3.63) is 41.1 Å². The number of nitrogens with one attached hydrogen (secondary N) is 1. The van der Waals surface area contributed by atoms with E-state index in [2.05, 4.69) is 5.32 Å². The van der Waals surface area contributed by atoms with Crippen molar-refractivity contribution in [1.29, 1.82) is 0 Å². The molecule has 0 radical (unpaired) electrons. The van der Waals surface area contributed by atoms with Gasteiger partial charge in [-0.25, -0.2) is 9.59 Å². The summed E-state index contributed by atoms with van der Waals surface area (Å²) in [6.07, 6.45) is 1.50. The van der Waals surface area contributed by atoms with E-state index in [1.165, 1.54) is 25.3 Å². The van der Waals surface area contributed by atoms with Crippen LogP contribution in [0, 0.1) is 0 Å². The van der Waals surface area contributed by atoms with Crippen LogP contribution in [-0.2, 0) is 4.79 Å². The lowest BCUT2D eigenvalue weighted by atomic mass is 10.1. The minimum absolute atomic E-state index is 0.163. The summed E-state index contributed by atoms with van der Waals surface area (Å²) in [7, 11) is 1.38. The number of amides is 3. The van der Waals surface area contributed by atoms with Gasteiger partial charge in [0.1, 0.15) is 5.70 Å². The van der Waals surface area contributed by atoms with Gasteiger partial charge in [-0.3, -0.25) is 9.69 Å². The van der Waals surface area contributed by atoms with Crippen LogP contribution in [0.4, 0.5) is 4.79 Å². The van der Waals surface area contributed by atoms with Crippen molar-refractivity contribution in [2.45, 2.75) is 0 Å². The number of rotatable bonds is 2. The van der Waals surface area contributed by atoms with E-state index in [0.29, 0.717) is 5.56 Å². The first-order valence-electron chi connectivity index (χ1n) is 5.13. The monoisotopic (exact) mass is 246 g/mol. The van der Waals surface area contributed by atoms with Crippen LogP contribution in [0.2, 0.25) is 0 Å². The van der Waals surface area contributed by atoms with Crippen molar-refractivity contribution < 1.29 is 19.5 Å². The molecule has 0 unspecified atom stereocenters. The Balaban J connectivity index is 2.26. The summed E-state index contributed by atoms with van der Waals surface area (Å²) in [6.45, 7) is 0. The molecule has 6 heteroatoms. The molecule has 2 N–H and O–H groups in total. The highest BCUT2D eigenvalue weighted by molar-refractivity contribution is 6.13. The lowest BCUT2D eigenvalue weighted by Crippen LogP contribution is -2.25. The molecule has 18 heavy (non-hydrogen) atoms. The maximum Gasteiger partial charge on any atom is 0.335 e. The average molecular weight is 246 g/mol. The maximum atomic E-state index is 11.6. The summed E-state index contributed by atoms with van der Waals surface area (Å²) in [4.78, 5) is 34.4. The van der Waals surface area contributed by atoms with Gasteiger partial charge in [0, 0.05) is 7.05 Å². The molecule has 1 saturated heterocycles. The number of imide groups is 1. The van der Waals surface area contributed by atoms with Crippen LogP contribution in [0.1, 0.15) is 15.9 Å². The number of likely N-dealkylation sites (N-methyl/N-ethyl adjacent to an activating group) is 1. The highest BCUT2D eigenvalue weighted by Gasteiger charge is 2.29.